The van der Waals surface area contributed by atoms with Gasteiger partial charge in [-0.15, -0.1) is 0 Å². The first kappa shape index (κ1) is 17.3. The van der Waals surface area contributed by atoms with Crippen molar-refractivity contribution in [2.75, 3.05) is 19.6 Å². The van der Waals surface area contributed by atoms with Crippen molar-refractivity contribution < 1.29 is 0 Å². The number of nitrogens with one attached hydrogen (secondary N) is 1. The van der Waals surface area contributed by atoms with Crippen LogP contribution in [0.3, 0.4) is 0 Å². The fourth-order valence-electron chi connectivity index (χ4n) is 3.85. The molecule has 4 rings (SSSR count). The lowest BCUT2D eigenvalue weighted by molar-refractivity contribution is 0.0927. The standard InChI is InChI=1S/C23H23ClN2/c24-23(21-14-8-3-9-15-21)18-25-16-17-26(23)22(19-10-4-1-5-11-19)20-12-6-2-7-13-20/h1-15,22,25H,16-18H2. The topological polar surface area (TPSA) is 15.3 Å². The van der Waals surface area contributed by atoms with Crippen molar-refractivity contribution in [3.8, 4) is 0 Å². The van der Waals surface area contributed by atoms with Crippen LogP contribution in [0, 0.1) is 0 Å². The minimum Gasteiger partial charge on any atom is -0.312 e. The Balaban J connectivity index is 1.83. The van der Waals surface area contributed by atoms with Gasteiger partial charge in [-0.3, -0.25) is 4.90 Å². The summed E-state index contributed by atoms with van der Waals surface area (Å²) in [5.74, 6) is 0. The van der Waals surface area contributed by atoms with Gasteiger partial charge in [0.25, 0.3) is 0 Å². The summed E-state index contributed by atoms with van der Waals surface area (Å²) in [4.78, 5) is 1.85. The zero-order chi connectivity index (χ0) is 17.8. The highest BCUT2D eigenvalue weighted by molar-refractivity contribution is 6.24. The molecule has 1 saturated heterocycles. The summed E-state index contributed by atoms with van der Waals surface area (Å²) in [6.45, 7) is 2.53. The van der Waals surface area contributed by atoms with Crippen LogP contribution in [0.4, 0.5) is 0 Å². The van der Waals surface area contributed by atoms with Gasteiger partial charge in [0.1, 0.15) is 5.00 Å². The maximum atomic E-state index is 7.32. The fourth-order valence-corrected chi connectivity index (χ4v) is 4.25. The van der Waals surface area contributed by atoms with Gasteiger partial charge in [0.15, 0.2) is 0 Å². The van der Waals surface area contributed by atoms with Crippen LogP contribution in [0.5, 0.6) is 0 Å². The summed E-state index contributed by atoms with van der Waals surface area (Å²) < 4.78 is 0. The van der Waals surface area contributed by atoms with Crippen LogP contribution in [0.2, 0.25) is 0 Å². The van der Waals surface area contributed by atoms with Gasteiger partial charge in [-0.25, -0.2) is 0 Å². The quantitative estimate of drug-likeness (QED) is 0.531. The van der Waals surface area contributed by atoms with Gasteiger partial charge in [-0.1, -0.05) is 103 Å². The van der Waals surface area contributed by atoms with Crippen molar-refractivity contribution in [3.05, 3.63) is 108 Å². The largest absolute Gasteiger partial charge is 0.312 e. The Labute approximate surface area is 160 Å². The van der Waals surface area contributed by atoms with Crippen LogP contribution in [0.1, 0.15) is 22.7 Å². The number of benzene rings is 3. The number of piperazine rings is 1. The molecule has 1 aliphatic heterocycles. The van der Waals surface area contributed by atoms with Crippen LogP contribution in [0.25, 0.3) is 0 Å². The molecule has 0 saturated carbocycles. The van der Waals surface area contributed by atoms with Crippen molar-refractivity contribution in [1.29, 1.82) is 0 Å². The minimum absolute atomic E-state index is 0.109. The molecule has 0 radical (unpaired) electrons. The Hall–Kier alpha value is -2.13. The Kier molecular flexibility index (Phi) is 5.07. The van der Waals surface area contributed by atoms with E-state index in [1.54, 1.807) is 0 Å². The molecule has 0 aliphatic carbocycles. The zero-order valence-electron chi connectivity index (χ0n) is 14.7. The molecule has 3 aromatic rings. The second kappa shape index (κ2) is 7.63. The molecule has 0 bridgehead atoms. The Morgan fingerprint density at radius 2 is 1.27 bits per heavy atom. The molecular weight excluding hydrogens is 340 g/mol. The van der Waals surface area contributed by atoms with Crippen LogP contribution in [-0.4, -0.2) is 24.5 Å². The minimum atomic E-state index is -0.587. The van der Waals surface area contributed by atoms with Gasteiger partial charge in [-0.05, 0) is 16.7 Å². The maximum absolute atomic E-state index is 7.32. The predicted octanol–water partition coefficient (Wildman–Crippen LogP) is 4.77. The number of halogens is 1. The molecule has 1 atom stereocenters. The highest BCUT2D eigenvalue weighted by atomic mass is 35.5. The molecule has 0 spiro atoms. The van der Waals surface area contributed by atoms with Gasteiger partial charge >= 0.3 is 0 Å². The van der Waals surface area contributed by atoms with Crippen molar-refractivity contribution in [1.82, 2.24) is 10.2 Å². The number of rotatable bonds is 4. The van der Waals surface area contributed by atoms with E-state index < -0.39 is 5.00 Å². The second-order valence-electron chi connectivity index (χ2n) is 6.72. The van der Waals surface area contributed by atoms with Crippen LogP contribution < -0.4 is 5.32 Å². The second-order valence-corrected chi connectivity index (χ2v) is 7.34. The fraction of sp³-hybridized carbons (Fsp3) is 0.217. The third-order valence-electron chi connectivity index (χ3n) is 5.10. The lowest BCUT2D eigenvalue weighted by atomic mass is 9.92. The summed E-state index contributed by atoms with van der Waals surface area (Å²) in [6.07, 6.45) is 0. The van der Waals surface area contributed by atoms with Crippen LogP contribution in [0.15, 0.2) is 91.0 Å². The van der Waals surface area contributed by atoms with Crippen LogP contribution in [-0.2, 0) is 5.00 Å². The predicted molar refractivity (Wildman–Crippen MR) is 108 cm³/mol. The number of alkyl halides is 1. The molecule has 3 aromatic carbocycles. The van der Waals surface area contributed by atoms with E-state index in [9.17, 15) is 0 Å². The third-order valence-corrected chi connectivity index (χ3v) is 5.67. The van der Waals surface area contributed by atoms with Gasteiger partial charge < -0.3 is 5.32 Å². The highest BCUT2D eigenvalue weighted by Crippen LogP contribution is 2.42. The van der Waals surface area contributed by atoms with Gasteiger partial charge in [0.05, 0.1) is 6.04 Å². The molecule has 2 nitrogen and oxygen atoms in total. The molecule has 1 N–H and O–H groups in total. The average molecular weight is 363 g/mol. The van der Waals surface area contributed by atoms with E-state index in [1.807, 2.05) is 6.07 Å². The summed E-state index contributed by atoms with van der Waals surface area (Å²) >= 11 is 7.32. The number of nitrogens with zero attached hydrogens (tertiary/aromatic N) is 1. The molecule has 26 heavy (non-hydrogen) atoms. The molecule has 0 aromatic heterocycles. The monoisotopic (exact) mass is 362 g/mol. The summed E-state index contributed by atoms with van der Waals surface area (Å²) in [5.41, 5.74) is 3.66. The smallest absolute Gasteiger partial charge is 0.135 e. The third kappa shape index (κ3) is 3.28. The van der Waals surface area contributed by atoms with E-state index in [0.717, 1.165) is 25.2 Å². The summed E-state index contributed by atoms with van der Waals surface area (Å²) in [5, 5.41) is 3.49. The van der Waals surface area contributed by atoms with Crippen LogP contribution >= 0.6 is 11.6 Å². The number of hydrogen-bond acceptors (Lipinski definition) is 2. The maximum Gasteiger partial charge on any atom is 0.135 e. The molecule has 0 amide bonds. The van der Waals surface area contributed by atoms with Crippen molar-refractivity contribution in [2.45, 2.75) is 11.0 Å². The summed E-state index contributed by atoms with van der Waals surface area (Å²) in [7, 11) is 0. The van der Waals surface area contributed by atoms with E-state index in [2.05, 4.69) is 95.1 Å². The molecule has 132 valence electrons. The van der Waals surface area contributed by atoms with Crippen molar-refractivity contribution in [2.24, 2.45) is 0 Å². The van der Waals surface area contributed by atoms with Crippen molar-refractivity contribution in [3.63, 3.8) is 0 Å². The molecule has 1 aliphatic rings. The first-order valence-electron chi connectivity index (χ1n) is 9.11. The molecule has 1 heterocycles. The van der Waals surface area contributed by atoms with E-state index in [4.69, 9.17) is 11.6 Å². The van der Waals surface area contributed by atoms with E-state index in [0.29, 0.717) is 0 Å². The average Bonchev–Trinajstić information content (AvgIpc) is 2.72. The Morgan fingerprint density at radius 1 is 0.769 bits per heavy atom. The number of hydrogen-bond donors (Lipinski definition) is 1. The lowest BCUT2D eigenvalue weighted by Crippen LogP contribution is -2.57. The van der Waals surface area contributed by atoms with E-state index in [1.165, 1.54) is 11.1 Å². The zero-order valence-corrected chi connectivity index (χ0v) is 15.4. The molecule has 1 unspecified atom stereocenters. The van der Waals surface area contributed by atoms with Gasteiger partial charge in [0, 0.05) is 19.6 Å². The Bertz CT molecular complexity index is 783. The van der Waals surface area contributed by atoms with Gasteiger partial charge in [0.2, 0.25) is 0 Å². The summed E-state index contributed by atoms with van der Waals surface area (Å²) in [6, 6.07) is 31.8. The van der Waals surface area contributed by atoms with E-state index >= 15 is 0 Å². The SMILES string of the molecule is ClC1(c2ccccc2)CNCCN1C(c1ccccc1)c1ccccc1. The molecule has 3 heteroatoms. The lowest BCUT2D eigenvalue weighted by Gasteiger charge is -2.48. The van der Waals surface area contributed by atoms with E-state index in [-0.39, 0.29) is 6.04 Å². The normalized spacial score (nSPS) is 21.0. The molecule has 1 fully saturated rings. The Morgan fingerprint density at radius 3 is 1.81 bits per heavy atom. The first-order valence-corrected chi connectivity index (χ1v) is 9.49. The van der Waals surface area contributed by atoms with Gasteiger partial charge in [-0.2, -0.15) is 0 Å². The molecular formula is C23H23ClN2. The van der Waals surface area contributed by atoms with Crippen molar-refractivity contribution >= 4 is 11.6 Å². The first-order chi connectivity index (χ1) is 12.8. The highest BCUT2D eigenvalue weighted by Gasteiger charge is 2.43.